The van der Waals surface area contributed by atoms with Crippen molar-refractivity contribution in [2.45, 2.75) is 26.7 Å². The maximum Gasteiger partial charge on any atom is 0.337 e. The highest BCUT2D eigenvalue weighted by molar-refractivity contribution is 5.99. The van der Waals surface area contributed by atoms with Crippen molar-refractivity contribution in [1.29, 1.82) is 0 Å². The highest BCUT2D eigenvalue weighted by Gasteiger charge is 2.37. The standard InChI is InChI=1S/C28H30N2O8/c1-4-36-15-16-37-23-12-10-20(11-13-23)7-6-14-38-28(33)25-19(3)29-18(2)24(27(31)32)26(25)21-8-5-9-22(17-21)30(34)35/h5-13,17,26,29H,4,14-16H2,1-3H3,(H,31,32). The van der Waals surface area contributed by atoms with Crippen molar-refractivity contribution in [3.63, 3.8) is 0 Å². The lowest BCUT2D eigenvalue weighted by molar-refractivity contribution is -0.384. The van der Waals surface area contributed by atoms with Crippen molar-refractivity contribution in [3.8, 4) is 5.75 Å². The van der Waals surface area contributed by atoms with E-state index < -0.39 is 22.8 Å². The average molecular weight is 523 g/mol. The van der Waals surface area contributed by atoms with Gasteiger partial charge in [0, 0.05) is 30.1 Å². The molecule has 0 fully saturated rings. The summed E-state index contributed by atoms with van der Waals surface area (Å²) in [6.45, 7) is 6.68. The maximum absolute atomic E-state index is 13.2. The molecule has 3 rings (SSSR count). The van der Waals surface area contributed by atoms with E-state index in [4.69, 9.17) is 14.2 Å². The van der Waals surface area contributed by atoms with Crippen LogP contribution in [0.5, 0.6) is 5.75 Å². The second kappa shape index (κ2) is 13.2. The van der Waals surface area contributed by atoms with Crippen LogP contribution >= 0.6 is 0 Å². The van der Waals surface area contributed by atoms with Crippen LogP contribution in [-0.4, -0.2) is 48.4 Å². The first kappa shape index (κ1) is 28.1. The first-order valence-electron chi connectivity index (χ1n) is 12.0. The molecule has 10 nitrogen and oxygen atoms in total. The van der Waals surface area contributed by atoms with Crippen LogP contribution in [0.25, 0.3) is 6.08 Å². The molecule has 0 radical (unpaired) electrons. The van der Waals surface area contributed by atoms with Gasteiger partial charge in [0.1, 0.15) is 19.0 Å². The number of carboxylic acids is 1. The lowest BCUT2D eigenvalue weighted by Gasteiger charge is -2.29. The van der Waals surface area contributed by atoms with Gasteiger partial charge >= 0.3 is 11.9 Å². The van der Waals surface area contributed by atoms with Gasteiger partial charge in [0.15, 0.2) is 0 Å². The third kappa shape index (κ3) is 7.07. The number of carbonyl (C=O) groups is 2. The van der Waals surface area contributed by atoms with Crippen LogP contribution in [0.15, 0.2) is 77.1 Å². The summed E-state index contributed by atoms with van der Waals surface area (Å²) in [6, 6.07) is 13.0. The minimum atomic E-state index is -1.24. The number of ether oxygens (including phenoxy) is 3. The molecule has 0 spiro atoms. The van der Waals surface area contributed by atoms with Crippen molar-refractivity contribution in [1.82, 2.24) is 5.32 Å². The molecule has 1 atom stereocenters. The minimum Gasteiger partial charge on any atom is -0.491 e. The van der Waals surface area contributed by atoms with Crippen molar-refractivity contribution in [2.24, 2.45) is 0 Å². The smallest absolute Gasteiger partial charge is 0.337 e. The molecule has 2 aromatic rings. The molecule has 0 bridgehead atoms. The van der Waals surface area contributed by atoms with E-state index in [0.29, 0.717) is 42.5 Å². The van der Waals surface area contributed by atoms with Crippen molar-refractivity contribution < 1.29 is 33.8 Å². The van der Waals surface area contributed by atoms with Crippen molar-refractivity contribution in [3.05, 3.63) is 98.4 Å². The van der Waals surface area contributed by atoms with E-state index in [9.17, 15) is 24.8 Å². The van der Waals surface area contributed by atoms with Gasteiger partial charge in [0.25, 0.3) is 5.69 Å². The Labute approximate surface area is 220 Å². The number of carboxylic acid groups (broad SMARTS) is 1. The normalized spacial score (nSPS) is 15.4. The summed E-state index contributed by atoms with van der Waals surface area (Å²) >= 11 is 0. The summed E-state index contributed by atoms with van der Waals surface area (Å²) in [7, 11) is 0. The number of nitrogens with zero attached hydrogens (tertiary/aromatic N) is 1. The molecule has 0 aliphatic carbocycles. The highest BCUT2D eigenvalue weighted by atomic mass is 16.6. The Kier molecular flexibility index (Phi) is 9.78. The summed E-state index contributed by atoms with van der Waals surface area (Å²) in [4.78, 5) is 36.0. The number of rotatable bonds is 12. The van der Waals surface area contributed by atoms with Crippen LogP contribution in [-0.2, 0) is 19.1 Å². The second-order valence-electron chi connectivity index (χ2n) is 8.41. The van der Waals surface area contributed by atoms with Crippen LogP contribution in [0, 0.1) is 10.1 Å². The van der Waals surface area contributed by atoms with E-state index in [1.807, 2.05) is 31.2 Å². The Hall–Kier alpha value is -4.44. The van der Waals surface area contributed by atoms with E-state index in [1.165, 1.54) is 18.2 Å². The summed E-state index contributed by atoms with van der Waals surface area (Å²) in [6.07, 6.45) is 3.44. The summed E-state index contributed by atoms with van der Waals surface area (Å²) < 4.78 is 16.3. The molecular weight excluding hydrogens is 492 g/mol. The molecule has 2 N–H and O–H groups in total. The van der Waals surface area contributed by atoms with E-state index in [1.54, 1.807) is 32.1 Å². The quantitative estimate of drug-likeness (QED) is 0.177. The van der Waals surface area contributed by atoms with Crippen LogP contribution in [0.4, 0.5) is 5.69 Å². The number of nitro benzene ring substituents is 1. The van der Waals surface area contributed by atoms with Crippen LogP contribution in [0.1, 0.15) is 37.8 Å². The number of nitrogens with one attached hydrogen (secondary N) is 1. The number of benzene rings is 2. The topological polar surface area (TPSA) is 137 Å². The zero-order valence-corrected chi connectivity index (χ0v) is 21.4. The number of allylic oxidation sites excluding steroid dienone is 2. The van der Waals surface area contributed by atoms with Gasteiger partial charge in [-0.15, -0.1) is 0 Å². The number of hydrogen-bond donors (Lipinski definition) is 2. The Morgan fingerprint density at radius 3 is 2.45 bits per heavy atom. The molecule has 1 heterocycles. The fourth-order valence-corrected chi connectivity index (χ4v) is 4.12. The average Bonchev–Trinajstić information content (AvgIpc) is 2.89. The minimum absolute atomic E-state index is 0.0605. The van der Waals surface area contributed by atoms with Gasteiger partial charge in [-0.1, -0.05) is 30.3 Å². The first-order chi connectivity index (χ1) is 18.2. The molecule has 2 aromatic carbocycles. The number of esters is 1. The van der Waals surface area contributed by atoms with E-state index in [-0.39, 0.29) is 23.4 Å². The van der Waals surface area contributed by atoms with E-state index in [2.05, 4.69) is 5.32 Å². The zero-order chi connectivity index (χ0) is 27.7. The summed E-state index contributed by atoms with van der Waals surface area (Å²) in [5, 5.41) is 24.1. The fourth-order valence-electron chi connectivity index (χ4n) is 4.12. The number of nitro groups is 1. The van der Waals surface area contributed by atoms with Crippen molar-refractivity contribution >= 4 is 23.7 Å². The molecule has 1 aliphatic rings. The van der Waals surface area contributed by atoms with Gasteiger partial charge < -0.3 is 24.6 Å². The van der Waals surface area contributed by atoms with Gasteiger partial charge in [-0.3, -0.25) is 10.1 Å². The fraction of sp³-hybridized carbons (Fsp3) is 0.286. The van der Waals surface area contributed by atoms with Gasteiger partial charge in [0.2, 0.25) is 0 Å². The zero-order valence-electron chi connectivity index (χ0n) is 21.4. The maximum atomic E-state index is 13.2. The number of aliphatic carboxylic acids is 1. The number of non-ortho nitro benzene ring substituents is 1. The Balaban J connectivity index is 1.73. The Bertz CT molecular complexity index is 1280. The molecule has 0 aromatic heterocycles. The monoisotopic (exact) mass is 522 g/mol. The number of hydrogen-bond acceptors (Lipinski definition) is 8. The van der Waals surface area contributed by atoms with Gasteiger partial charge in [0.05, 0.1) is 28.6 Å². The molecule has 10 heteroatoms. The predicted molar refractivity (Wildman–Crippen MR) is 140 cm³/mol. The molecule has 1 aliphatic heterocycles. The lowest BCUT2D eigenvalue weighted by atomic mass is 9.80. The molecule has 38 heavy (non-hydrogen) atoms. The van der Waals surface area contributed by atoms with Gasteiger partial charge in [-0.2, -0.15) is 0 Å². The first-order valence-corrected chi connectivity index (χ1v) is 12.0. The van der Waals surface area contributed by atoms with Crippen LogP contribution < -0.4 is 10.1 Å². The van der Waals surface area contributed by atoms with Gasteiger partial charge in [-0.05, 0) is 50.1 Å². The Morgan fingerprint density at radius 2 is 1.79 bits per heavy atom. The molecule has 0 saturated carbocycles. The van der Waals surface area contributed by atoms with E-state index in [0.717, 1.165) is 5.56 Å². The van der Waals surface area contributed by atoms with Crippen LogP contribution in [0.2, 0.25) is 0 Å². The Morgan fingerprint density at radius 1 is 1.08 bits per heavy atom. The molecule has 200 valence electrons. The summed E-state index contributed by atoms with van der Waals surface area (Å²) in [5.41, 5.74) is 1.73. The molecular formula is C28H30N2O8. The van der Waals surface area contributed by atoms with Gasteiger partial charge in [-0.25, -0.2) is 9.59 Å². The van der Waals surface area contributed by atoms with Crippen LogP contribution in [0.3, 0.4) is 0 Å². The molecule has 1 unspecified atom stereocenters. The largest absolute Gasteiger partial charge is 0.491 e. The highest BCUT2D eigenvalue weighted by Crippen LogP contribution is 2.39. The molecule has 0 saturated heterocycles. The third-order valence-electron chi connectivity index (χ3n) is 5.83. The van der Waals surface area contributed by atoms with Crippen molar-refractivity contribution in [2.75, 3.05) is 26.4 Å². The summed E-state index contributed by atoms with van der Waals surface area (Å²) in [5.74, 6) is -2.29. The number of dihydropyridines is 1. The molecule has 0 amide bonds. The third-order valence-corrected chi connectivity index (χ3v) is 5.83. The van der Waals surface area contributed by atoms with E-state index >= 15 is 0 Å². The lowest BCUT2D eigenvalue weighted by Crippen LogP contribution is -2.31. The number of carbonyl (C=O) groups excluding carboxylic acids is 1. The predicted octanol–water partition coefficient (Wildman–Crippen LogP) is 4.59. The second-order valence-corrected chi connectivity index (χ2v) is 8.41. The SMILES string of the molecule is CCOCCOc1ccc(C=CCOC(=O)C2=C(C)NC(C)=C(C(=O)O)C2c2cccc([N+](=O)[O-])c2)cc1.